The molecule has 2 rings (SSSR count). The van der Waals surface area contributed by atoms with Gasteiger partial charge < -0.3 is 15.2 Å². The van der Waals surface area contributed by atoms with Crippen molar-refractivity contribution >= 4 is 29.9 Å². The Hall–Kier alpha value is -1.85. The van der Waals surface area contributed by atoms with Gasteiger partial charge in [0.05, 0.1) is 18.7 Å². The zero-order chi connectivity index (χ0) is 20.7. The van der Waals surface area contributed by atoms with E-state index in [0.29, 0.717) is 31.0 Å². The van der Waals surface area contributed by atoms with Gasteiger partial charge in [-0.2, -0.15) is 13.2 Å². The maximum absolute atomic E-state index is 13.2. The predicted molar refractivity (Wildman–Crippen MR) is 116 cm³/mol. The lowest BCUT2D eigenvalue weighted by Gasteiger charge is -2.15. The van der Waals surface area contributed by atoms with Gasteiger partial charge in [-0.1, -0.05) is 19.9 Å². The maximum Gasteiger partial charge on any atom is 0.416 e. The van der Waals surface area contributed by atoms with Crippen molar-refractivity contribution < 1.29 is 17.6 Å². The zero-order valence-corrected chi connectivity index (χ0v) is 18.9. The van der Waals surface area contributed by atoms with Crippen molar-refractivity contribution in [2.24, 2.45) is 10.9 Å². The van der Waals surface area contributed by atoms with Crippen LogP contribution in [0.5, 0.6) is 0 Å². The second-order valence-corrected chi connectivity index (χ2v) is 6.74. The molecule has 0 aliphatic heterocycles. The SMILES string of the molecule is CCNC(=NCc1ccc(F)cc1C(F)(F)F)NCc1nccn1CC(C)C.I. The summed E-state index contributed by atoms with van der Waals surface area (Å²) < 4.78 is 54.6. The second kappa shape index (κ2) is 11.4. The van der Waals surface area contributed by atoms with Gasteiger partial charge in [0.25, 0.3) is 0 Å². The first-order valence-electron chi connectivity index (χ1n) is 9.08. The minimum absolute atomic E-state index is 0. The Morgan fingerprint density at radius 2 is 1.97 bits per heavy atom. The summed E-state index contributed by atoms with van der Waals surface area (Å²) in [7, 11) is 0. The maximum atomic E-state index is 13.2. The van der Waals surface area contributed by atoms with Gasteiger partial charge in [0.15, 0.2) is 5.96 Å². The average Bonchev–Trinajstić information content (AvgIpc) is 3.03. The number of hydrogen-bond donors (Lipinski definition) is 2. The van der Waals surface area contributed by atoms with Gasteiger partial charge in [-0.3, -0.25) is 0 Å². The van der Waals surface area contributed by atoms with E-state index in [4.69, 9.17) is 0 Å². The van der Waals surface area contributed by atoms with Crippen molar-refractivity contribution in [3.05, 3.63) is 53.4 Å². The first-order valence-corrected chi connectivity index (χ1v) is 9.08. The van der Waals surface area contributed by atoms with Crippen molar-refractivity contribution in [2.75, 3.05) is 6.54 Å². The predicted octanol–water partition coefficient (Wildman–Crippen LogP) is 4.57. The fourth-order valence-electron chi connectivity index (χ4n) is 2.69. The van der Waals surface area contributed by atoms with Crippen molar-refractivity contribution in [3.63, 3.8) is 0 Å². The smallest absolute Gasteiger partial charge is 0.357 e. The summed E-state index contributed by atoms with van der Waals surface area (Å²) in [4.78, 5) is 8.52. The standard InChI is InChI=1S/C19H25F4N5.HI/c1-4-24-18(27-11-17-25-7-8-28(17)12-13(2)3)26-10-14-5-6-15(20)9-16(14)19(21,22)23;/h5-9,13H,4,10-12H2,1-3H3,(H2,24,26,27);1H. The van der Waals surface area contributed by atoms with Gasteiger partial charge in [-0.15, -0.1) is 24.0 Å². The summed E-state index contributed by atoms with van der Waals surface area (Å²) in [5, 5.41) is 6.07. The molecular weight excluding hydrogens is 501 g/mol. The fourth-order valence-corrected chi connectivity index (χ4v) is 2.69. The summed E-state index contributed by atoms with van der Waals surface area (Å²) in [5.74, 6) is 0.687. The molecule has 1 aromatic heterocycles. The third-order valence-corrected chi connectivity index (χ3v) is 3.91. The van der Waals surface area contributed by atoms with Crippen LogP contribution in [-0.2, 0) is 25.8 Å². The Morgan fingerprint density at radius 3 is 2.59 bits per heavy atom. The molecule has 10 heteroatoms. The minimum Gasteiger partial charge on any atom is -0.357 e. The lowest BCUT2D eigenvalue weighted by Crippen LogP contribution is -2.37. The molecule has 0 radical (unpaired) electrons. The van der Waals surface area contributed by atoms with E-state index in [1.165, 1.54) is 0 Å². The molecule has 0 saturated heterocycles. The highest BCUT2D eigenvalue weighted by Gasteiger charge is 2.33. The summed E-state index contributed by atoms with van der Waals surface area (Å²) in [5.41, 5.74) is -1.10. The van der Waals surface area contributed by atoms with Gasteiger partial charge in [0.2, 0.25) is 0 Å². The second-order valence-electron chi connectivity index (χ2n) is 6.74. The number of guanidine groups is 1. The molecule has 0 aliphatic rings. The van der Waals surface area contributed by atoms with E-state index < -0.39 is 17.6 Å². The van der Waals surface area contributed by atoms with Crippen LogP contribution in [0.25, 0.3) is 0 Å². The number of nitrogens with one attached hydrogen (secondary N) is 2. The fraction of sp³-hybridized carbons (Fsp3) is 0.474. The summed E-state index contributed by atoms with van der Waals surface area (Å²) in [6.45, 7) is 7.56. The lowest BCUT2D eigenvalue weighted by atomic mass is 10.1. The number of nitrogens with zero attached hydrogens (tertiary/aromatic N) is 3. The largest absolute Gasteiger partial charge is 0.416 e. The summed E-state index contributed by atoms with van der Waals surface area (Å²) >= 11 is 0. The molecule has 0 amide bonds. The highest BCUT2D eigenvalue weighted by molar-refractivity contribution is 14.0. The van der Waals surface area contributed by atoms with E-state index in [1.54, 1.807) is 6.20 Å². The van der Waals surface area contributed by atoms with Gasteiger partial charge in [0.1, 0.15) is 11.6 Å². The highest BCUT2D eigenvalue weighted by atomic mass is 127. The van der Waals surface area contributed by atoms with E-state index in [0.717, 1.165) is 24.5 Å². The summed E-state index contributed by atoms with van der Waals surface area (Å²) in [6.07, 6.45) is -1.05. The molecule has 1 heterocycles. The average molecular weight is 527 g/mol. The van der Waals surface area contributed by atoms with Crippen molar-refractivity contribution in [1.29, 1.82) is 0 Å². The van der Waals surface area contributed by atoms with E-state index in [1.807, 2.05) is 17.7 Å². The number of imidazole rings is 1. The molecule has 162 valence electrons. The van der Waals surface area contributed by atoms with Gasteiger partial charge in [0, 0.05) is 25.5 Å². The number of benzene rings is 1. The third kappa shape index (κ3) is 7.82. The lowest BCUT2D eigenvalue weighted by molar-refractivity contribution is -0.138. The molecule has 0 atom stereocenters. The van der Waals surface area contributed by atoms with E-state index in [2.05, 4.69) is 34.5 Å². The number of alkyl halides is 3. The van der Waals surface area contributed by atoms with Crippen molar-refractivity contribution in [1.82, 2.24) is 20.2 Å². The Balaban J connectivity index is 0.00000420. The number of aliphatic imine (C=N–C) groups is 1. The molecule has 0 saturated carbocycles. The Bertz CT molecular complexity index is 802. The van der Waals surface area contributed by atoms with E-state index >= 15 is 0 Å². The van der Waals surface area contributed by atoms with Gasteiger partial charge in [-0.25, -0.2) is 14.4 Å². The third-order valence-electron chi connectivity index (χ3n) is 3.91. The highest BCUT2D eigenvalue weighted by Crippen LogP contribution is 2.32. The molecule has 5 nitrogen and oxygen atoms in total. The molecule has 2 N–H and O–H groups in total. The Morgan fingerprint density at radius 1 is 1.24 bits per heavy atom. The molecule has 0 bridgehead atoms. The van der Waals surface area contributed by atoms with Gasteiger partial charge in [-0.05, 0) is 30.5 Å². The number of rotatable bonds is 7. The van der Waals surface area contributed by atoms with Crippen LogP contribution in [0.15, 0.2) is 35.6 Å². The quantitative estimate of drug-likeness (QED) is 0.240. The molecule has 2 aromatic rings. The van der Waals surface area contributed by atoms with E-state index in [-0.39, 0.29) is 36.1 Å². The van der Waals surface area contributed by atoms with Gasteiger partial charge >= 0.3 is 6.18 Å². The molecular formula is C19H26F4IN5. The molecule has 0 aliphatic carbocycles. The van der Waals surface area contributed by atoms with Crippen molar-refractivity contribution in [3.8, 4) is 0 Å². The monoisotopic (exact) mass is 527 g/mol. The van der Waals surface area contributed by atoms with Crippen LogP contribution in [0.1, 0.15) is 37.7 Å². The molecule has 1 aromatic carbocycles. The molecule has 29 heavy (non-hydrogen) atoms. The summed E-state index contributed by atoms with van der Waals surface area (Å²) in [6, 6.07) is 2.61. The van der Waals surface area contributed by atoms with Crippen LogP contribution in [0.4, 0.5) is 17.6 Å². The number of hydrogen-bond acceptors (Lipinski definition) is 2. The van der Waals surface area contributed by atoms with Crippen molar-refractivity contribution in [2.45, 2.75) is 46.6 Å². The minimum atomic E-state index is -4.64. The number of aromatic nitrogens is 2. The van der Waals surface area contributed by atoms with Crippen LogP contribution in [0, 0.1) is 11.7 Å². The first-order chi connectivity index (χ1) is 13.2. The topological polar surface area (TPSA) is 54.2 Å². The van der Waals surface area contributed by atoms with E-state index in [9.17, 15) is 17.6 Å². The Kier molecular flexibility index (Phi) is 9.87. The molecule has 0 unspecified atom stereocenters. The van der Waals surface area contributed by atoms with Crippen LogP contribution in [0.2, 0.25) is 0 Å². The number of halogens is 5. The van der Waals surface area contributed by atoms with Crippen LogP contribution in [-0.4, -0.2) is 22.1 Å². The first kappa shape index (κ1) is 25.2. The zero-order valence-electron chi connectivity index (χ0n) is 16.6. The van der Waals surface area contributed by atoms with Crippen LogP contribution < -0.4 is 10.6 Å². The normalized spacial score (nSPS) is 12.1. The van der Waals surface area contributed by atoms with Crippen LogP contribution in [0.3, 0.4) is 0 Å². The van der Waals surface area contributed by atoms with Crippen LogP contribution >= 0.6 is 24.0 Å². The Labute approximate surface area is 185 Å². The molecule has 0 fully saturated rings. The molecule has 0 spiro atoms.